The lowest BCUT2D eigenvalue weighted by atomic mass is 9.55. The molecule has 60 heavy (non-hydrogen) atoms. The fraction of sp³-hybridized carbons (Fsp3) is 0.667. The first kappa shape index (κ1) is 38.9. The number of hydrogen-bond acceptors (Lipinski definition) is 12. The third-order valence-electron chi connectivity index (χ3n) is 17.8. The van der Waals surface area contributed by atoms with Crippen molar-refractivity contribution in [3.05, 3.63) is 89.6 Å². The fourth-order valence-electron chi connectivity index (χ4n) is 15.5. The van der Waals surface area contributed by atoms with E-state index in [1.807, 2.05) is 45.3 Å². The van der Waals surface area contributed by atoms with Crippen molar-refractivity contribution in [3.63, 3.8) is 0 Å². The van der Waals surface area contributed by atoms with E-state index in [2.05, 4.69) is 113 Å². The maximum Gasteiger partial charge on any atom is 0.0635 e. The Labute approximate surface area is 372 Å². The minimum absolute atomic E-state index is 0.162. The van der Waals surface area contributed by atoms with Crippen LogP contribution in [0, 0.1) is 47.3 Å². The van der Waals surface area contributed by atoms with Crippen LogP contribution in [0.5, 0.6) is 0 Å². The maximum atomic E-state index is 4.55. The van der Waals surface area contributed by atoms with Crippen molar-refractivity contribution in [1.82, 2.24) is 42.5 Å². The SMILES string of the molecule is c1csc(C2C(c3cccs3)C(c3cccs3)C3C4NC5NC(NC6NC(NC7NC(NC(N4)C3C2c2cccs2)C2CCCCC72)C2CCCCC62)C2CCCCC52)c1. The molecule has 320 valence electrons. The molecule has 0 aromatic carbocycles. The van der Waals surface area contributed by atoms with E-state index >= 15 is 0 Å². The summed E-state index contributed by atoms with van der Waals surface area (Å²) in [7, 11) is 0. The molecule has 4 saturated carbocycles. The molecule has 5 aliphatic heterocycles. The van der Waals surface area contributed by atoms with Crippen molar-refractivity contribution < 1.29 is 0 Å². The maximum absolute atomic E-state index is 4.55. The Hall–Kier alpha value is -1.52. The van der Waals surface area contributed by atoms with Crippen molar-refractivity contribution in [2.75, 3.05) is 0 Å². The van der Waals surface area contributed by atoms with E-state index in [4.69, 9.17) is 0 Å². The van der Waals surface area contributed by atoms with E-state index < -0.39 is 0 Å². The average Bonchev–Trinajstić information content (AvgIpc) is 4.13. The highest BCUT2D eigenvalue weighted by molar-refractivity contribution is 7.11. The van der Waals surface area contributed by atoms with E-state index in [1.54, 1.807) is 19.5 Å². The summed E-state index contributed by atoms with van der Waals surface area (Å²) < 4.78 is 0. The Balaban J connectivity index is 0.965. The molecule has 8 bridgehead atoms. The highest BCUT2D eigenvalue weighted by atomic mass is 32.1. The number of nitrogens with one attached hydrogen (secondary N) is 8. The second-order valence-electron chi connectivity index (χ2n) is 20.3. The number of rotatable bonds is 4. The van der Waals surface area contributed by atoms with Crippen molar-refractivity contribution in [3.8, 4) is 0 Å². The second kappa shape index (κ2) is 16.2. The van der Waals surface area contributed by atoms with Crippen LogP contribution in [0.3, 0.4) is 0 Å². The predicted molar refractivity (Wildman–Crippen MR) is 247 cm³/mol. The molecule has 9 fully saturated rings. The number of thiophene rings is 4. The molecule has 8 nitrogen and oxygen atoms in total. The Kier molecular flexibility index (Phi) is 10.5. The molecule has 9 aliphatic rings. The number of fused-ring (bicyclic) bond motifs is 20. The second-order valence-corrected chi connectivity index (χ2v) is 24.2. The summed E-state index contributed by atoms with van der Waals surface area (Å²) >= 11 is 8.00. The van der Waals surface area contributed by atoms with Gasteiger partial charge in [0.05, 0.1) is 49.3 Å². The van der Waals surface area contributed by atoms with Gasteiger partial charge >= 0.3 is 0 Å². The topological polar surface area (TPSA) is 96.2 Å². The van der Waals surface area contributed by atoms with Gasteiger partial charge in [0.25, 0.3) is 0 Å². The highest BCUT2D eigenvalue weighted by Gasteiger charge is 2.62. The van der Waals surface area contributed by atoms with Crippen LogP contribution in [0.4, 0.5) is 0 Å². The van der Waals surface area contributed by atoms with Crippen molar-refractivity contribution >= 4 is 45.3 Å². The zero-order valence-electron chi connectivity index (χ0n) is 34.6. The predicted octanol–water partition coefficient (Wildman–Crippen LogP) is 8.43. The summed E-state index contributed by atoms with van der Waals surface area (Å²) in [5.41, 5.74) is 0. The summed E-state index contributed by atoms with van der Waals surface area (Å²) in [6, 6.07) is 19.2. The van der Waals surface area contributed by atoms with Crippen LogP contribution in [0.15, 0.2) is 70.1 Å². The van der Waals surface area contributed by atoms with Crippen LogP contribution in [0.1, 0.15) is 120 Å². The van der Waals surface area contributed by atoms with Crippen LogP contribution < -0.4 is 42.5 Å². The molecule has 5 saturated heterocycles. The van der Waals surface area contributed by atoms with Crippen LogP contribution in [-0.4, -0.2) is 49.3 Å². The molecule has 13 rings (SSSR count). The van der Waals surface area contributed by atoms with Crippen molar-refractivity contribution in [2.45, 2.75) is 150 Å². The standard InChI is InChI=1S/C48H64N8S4/c1-2-12-26-25(11-1)41-49-42(26)51-44-28-14-4-6-16-30(28)46(53-44)55-48-40-38(34-20-10-24-60-34)36(32-18-8-22-58-32)35(31-17-7-21-57-31)37(33-19-9-23-59-33)39(40)47(56-48)54-45-29-15-5-3-13-27(29)43(50-41)52-45/h7-10,17-30,35-56H,1-6,11-16H2. The Morgan fingerprint density at radius 1 is 0.300 bits per heavy atom. The zero-order valence-corrected chi connectivity index (χ0v) is 37.9. The average molecular weight is 881 g/mol. The molecule has 8 N–H and O–H groups in total. The molecule has 12 heteroatoms. The summed E-state index contributed by atoms with van der Waals surface area (Å²) in [6.45, 7) is 0. The summed E-state index contributed by atoms with van der Waals surface area (Å²) in [4.78, 5) is 6.22. The van der Waals surface area contributed by atoms with E-state index in [0.717, 1.165) is 0 Å². The highest BCUT2D eigenvalue weighted by Crippen LogP contribution is 2.66. The molecule has 0 amide bonds. The molecular weight excluding hydrogens is 817 g/mol. The first-order valence-electron chi connectivity index (χ1n) is 24.0. The lowest BCUT2D eigenvalue weighted by Gasteiger charge is -2.51. The molecule has 4 aromatic rings. The molecule has 20 unspecified atom stereocenters. The van der Waals surface area contributed by atoms with Gasteiger partial charge in [-0.25, -0.2) is 0 Å². The van der Waals surface area contributed by atoms with E-state index in [9.17, 15) is 0 Å². The van der Waals surface area contributed by atoms with Crippen molar-refractivity contribution in [2.24, 2.45) is 47.3 Å². The van der Waals surface area contributed by atoms with Gasteiger partial charge in [-0.3, -0.25) is 42.5 Å². The van der Waals surface area contributed by atoms with Crippen LogP contribution >= 0.6 is 45.3 Å². The van der Waals surface area contributed by atoms with Gasteiger partial charge in [0.1, 0.15) is 0 Å². The van der Waals surface area contributed by atoms with Gasteiger partial charge < -0.3 is 0 Å². The first-order chi connectivity index (χ1) is 29.7. The van der Waals surface area contributed by atoms with Crippen LogP contribution in [0.2, 0.25) is 0 Å². The Morgan fingerprint density at radius 2 is 0.533 bits per heavy atom. The van der Waals surface area contributed by atoms with E-state index in [1.165, 1.54) is 77.0 Å². The third kappa shape index (κ3) is 6.50. The van der Waals surface area contributed by atoms with Crippen LogP contribution in [-0.2, 0) is 0 Å². The number of hydrogen-bond donors (Lipinski definition) is 8. The van der Waals surface area contributed by atoms with Crippen LogP contribution in [0.25, 0.3) is 0 Å². The quantitative estimate of drug-likeness (QED) is 0.104. The van der Waals surface area contributed by atoms with Gasteiger partial charge in [0.15, 0.2) is 0 Å². The minimum atomic E-state index is 0.162. The molecule has 9 heterocycles. The Morgan fingerprint density at radius 3 is 0.783 bits per heavy atom. The van der Waals surface area contributed by atoms with E-state index in [-0.39, 0.29) is 24.7 Å². The van der Waals surface area contributed by atoms with Gasteiger partial charge in [-0.15, -0.1) is 45.3 Å². The first-order valence-corrected chi connectivity index (χ1v) is 27.5. The summed E-state index contributed by atoms with van der Waals surface area (Å²) in [5.74, 6) is 6.23. The van der Waals surface area contributed by atoms with Gasteiger partial charge in [-0.1, -0.05) is 62.8 Å². The smallest absolute Gasteiger partial charge is 0.0635 e. The zero-order chi connectivity index (χ0) is 39.3. The molecular formula is C48H64N8S4. The Bertz CT molecular complexity index is 1880. The van der Waals surface area contributed by atoms with Gasteiger partial charge in [0, 0.05) is 55.0 Å². The summed E-state index contributed by atoms with van der Waals surface area (Å²) in [6.07, 6.45) is 18.3. The molecule has 0 spiro atoms. The van der Waals surface area contributed by atoms with Crippen molar-refractivity contribution in [1.29, 1.82) is 0 Å². The molecule has 20 atom stereocenters. The fourth-order valence-corrected chi connectivity index (χ4v) is 19.2. The monoisotopic (exact) mass is 880 g/mol. The molecule has 4 aromatic heterocycles. The van der Waals surface area contributed by atoms with Gasteiger partial charge in [0.2, 0.25) is 0 Å². The molecule has 4 aliphatic carbocycles. The van der Waals surface area contributed by atoms with Gasteiger partial charge in [-0.2, -0.15) is 0 Å². The molecule has 0 radical (unpaired) electrons. The third-order valence-corrected chi connectivity index (χ3v) is 21.7. The normalized spacial score (nSPS) is 47.3. The lowest BCUT2D eigenvalue weighted by Crippen LogP contribution is -2.61. The van der Waals surface area contributed by atoms with Gasteiger partial charge in [-0.05, 0) is 120 Å². The van der Waals surface area contributed by atoms with E-state index in [0.29, 0.717) is 95.7 Å². The largest absolute Gasteiger partial charge is 0.286 e. The minimum Gasteiger partial charge on any atom is -0.286 e. The lowest BCUT2D eigenvalue weighted by molar-refractivity contribution is 0.110. The summed E-state index contributed by atoms with van der Waals surface area (Å²) in [5, 5.41) is 44.7.